The molecule has 1 saturated carbocycles. The number of likely N-dealkylation sites (tertiary alicyclic amines) is 1. The fourth-order valence-corrected chi connectivity index (χ4v) is 3.13. The van der Waals surface area contributed by atoms with Crippen LogP contribution in [0.4, 0.5) is 0 Å². The average molecular weight is 245 g/mol. The summed E-state index contributed by atoms with van der Waals surface area (Å²) >= 11 is 0. The van der Waals surface area contributed by atoms with Crippen molar-refractivity contribution in [3.8, 4) is 0 Å². The summed E-state index contributed by atoms with van der Waals surface area (Å²) in [5.74, 6) is 0. The van der Waals surface area contributed by atoms with Crippen molar-refractivity contribution >= 4 is 0 Å². The first kappa shape index (κ1) is 12.1. The first-order valence-corrected chi connectivity index (χ1v) is 7.19. The van der Waals surface area contributed by atoms with E-state index in [2.05, 4.69) is 22.0 Å². The molecule has 0 spiro atoms. The van der Waals surface area contributed by atoms with Crippen LogP contribution in [0, 0.1) is 6.92 Å². The number of pyridine rings is 1. The quantitative estimate of drug-likeness (QED) is 0.870. The lowest BCUT2D eigenvalue weighted by atomic mass is 9.97. The standard InChI is InChI=1S/C15H23N3/c1-11-5-6-12(10-17-11)15-14(16)4-2-3-9-18(15)13-7-8-13/h5-6,10,13-15H,2-4,7-9,16H2,1H3. The predicted octanol–water partition coefficient (Wildman–Crippen LogP) is 2.41. The monoisotopic (exact) mass is 245 g/mol. The molecule has 98 valence electrons. The fourth-order valence-electron chi connectivity index (χ4n) is 3.13. The lowest BCUT2D eigenvalue weighted by molar-refractivity contribution is 0.175. The number of nitrogens with zero attached hydrogens (tertiary/aromatic N) is 2. The SMILES string of the molecule is Cc1ccc(C2C(N)CCCCN2C2CC2)cn1. The summed E-state index contributed by atoms with van der Waals surface area (Å²) in [7, 11) is 0. The smallest absolute Gasteiger partial charge is 0.0517 e. The molecule has 2 atom stereocenters. The largest absolute Gasteiger partial charge is 0.326 e. The summed E-state index contributed by atoms with van der Waals surface area (Å²) in [4.78, 5) is 7.09. The van der Waals surface area contributed by atoms with Crippen LogP contribution < -0.4 is 5.73 Å². The van der Waals surface area contributed by atoms with Gasteiger partial charge in [0.05, 0.1) is 6.04 Å². The highest BCUT2D eigenvalue weighted by atomic mass is 15.2. The van der Waals surface area contributed by atoms with Gasteiger partial charge < -0.3 is 5.73 Å². The van der Waals surface area contributed by atoms with Gasteiger partial charge in [-0.05, 0) is 50.8 Å². The van der Waals surface area contributed by atoms with E-state index >= 15 is 0 Å². The number of nitrogens with two attached hydrogens (primary N) is 1. The van der Waals surface area contributed by atoms with E-state index in [0.717, 1.165) is 18.2 Å². The molecule has 3 nitrogen and oxygen atoms in total. The third-order valence-electron chi connectivity index (χ3n) is 4.26. The zero-order chi connectivity index (χ0) is 12.5. The molecule has 0 radical (unpaired) electrons. The van der Waals surface area contributed by atoms with Gasteiger partial charge in [-0.1, -0.05) is 12.5 Å². The van der Waals surface area contributed by atoms with E-state index in [9.17, 15) is 0 Å². The molecule has 3 heteroatoms. The third kappa shape index (κ3) is 2.43. The fraction of sp³-hybridized carbons (Fsp3) is 0.667. The molecular formula is C15H23N3. The first-order valence-electron chi connectivity index (χ1n) is 7.19. The predicted molar refractivity (Wildman–Crippen MR) is 73.3 cm³/mol. The molecule has 1 aliphatic heterocycles. The summed E-state index contributed by atoms with van der Waals surface area (Å²) in [6.07, 6.45) is 8.42. The molecule has 0 aromatic carbocycles. The maximum absolute atomic E-state index is 6.44. The molecule has 0 bridgehead atoms. The van der Waals surface area contributed by atoms with Crippen molar-refractivity contribution in [2.24, 2.45) is 5.73 Å². The second kappa shape index (κ2) is 4.98. The number of aryl methyl sites for hydroxylation is 1. The third-order valence-corrected chi connectivity index (χ3v) is 4.26. The van der Waals surface area contributed by atoms with Crippen LogP contribution in [0.25, 0.3) is 0 Å². The molecule has 18 heavy (non-hydrogen) atoms. The Morgan fingerprint density at radius 3 is 2.72 bits per heavy atom. The Balaban J connectivity index is 1.89. The van der Waals surface area contributed by atoms with Gasteiger partial charge >= 0.3 is 0 Å². The van der Waals surface area contributed by atoms with Crippen LogP contribution >= 0.6 is 0 Å². The minimum atomic E-state index is 0.262. The topological polar surface area (TPSA) is 42.1 Å². The van der Waals surface area contributed by atoms with Gasteiger partial charge in [0.15, 0.2) is 0 Å². The van der Waals surface area contributed by atoms with Crippen molar-refractivity contribution in [3.05, 3.63) is 29.6 Å². The Kier molecular flexibility index (Phi) is 3.35. The first-order chi connectivity index (χ1) is 8.75. The van der Waals surface area contributed by atoms with E-state index in [1.165, 1.54) is 37.8 Å². The zero-order valence-electron chi connectivity index (χ0n) is 11.2. The highest BCUT2D eigenvalue weighted by molar-refractivity contribution is 5.20. The Hall–Kier alpha value is -0.930. The summed E-state index contributed by atoms with van der Waals surface area (Å²) in [5, 5.41) is 0. The molecule has 2 aliphatic rings. The highest BCUT2D eigenvalue weighted by Gasteiger charge is 2.38. The van der Waals surface area contributed by atoms with Gasteiger partial charge in [0.1, 0.15) is 0 Å². The highest BCUT2D eigenvalue weighted by Crippen LogP contribution is 2.38. The van der Waals surface area contributed by atoms with Gasteiger partial charge in [0.2, 0.25) is 0 Å². The van der Waals surface area contributed by atoms with Crippen LogP contribution in [0.2, 0.25) is 0 Å². The molecular weight excluding hydrogens is 222 g/mol. The average Bonchev–Trinajstić information content (AvgIpc) is 3.17. The summed E-state index contributed by atoms with van der Waals surface area (Å²) in [6.45, 7) is 3.24. The molecule has 3 rings (SSSR count). The van der Waals surface area contributed by atoms with Crippen molar-refractivity contribution < 1.29 is 0 Å². The van der Waals surface area contributed by atoms with Gasteiger partial charge in [-0.2, -0.15) is 0 Å². The Bertz CT molecular complexity index is 397. The molecule has 2 N–H and O–H groups in total. The van der Waals surface area contributed by atoms with E-state index in [4.69, 9.17) is 5.73 Å². The number of hydrogen-bond donors (Lipinski definition) is 1. The maximum Gasteiger partial charge on any atom is 0.0517 e. The van der Waals surface area contributed by atoms with Crippen molar-refractivity contribution in [2.75, 3.05) is 6.54 Å². The minimum Gasteiger partial charge on any atom is -0.326 e. The summed E-state index contributed by atoms with van der Waals surface area (Å²) < 4.78 is 0. The van der Waals surface area contributed by atoms with Gasteiger partial charge in [0, 0.05) is 24.0 Å². The summed E-state index contributed by atoms with van der Waals surface area (Å²) in [6, 6.07) is 5.75. The van der Waals surface area contributed by atoms with Gasteiger partial charge in [-0.25, -0.2) is 0 Å². The second-order valence-corrected chi connectivity index (χ2v) is 5.81. The molecule has 1 aromatic heterocycles. The minimum absolute atomic E-state index is 0.262. The molecule has 1 aromatic rings. The second-order valence-electron chi connectivity index (χ2n) is 5.81. The van der Waals surface area contributed by atoms with Crippen LogP contribution in [0.1, 0.15) is 49.4 Å². The van der Waals surface area contributed by atoms with Crippen LogP contribution in [0.15, 0.2) is 18.3 Å². The summed E-state index contributed by atoms with van der Waals surface area (Å²) in [5.41, 5.74) is 8.83. The van der Waals surface area contributed by atoms with E-state index in [-0.39, 0.29) is 6.04 Å². The van der Waals surface area contributed by atoms with E-state index in [1.807, 2.05) is 13.1 Å². The van der Waals surface area contributed by atoms with Crippen molar-refractivity contribution in [1.82, 2.24) is 9.88 Å². The molecule has 2 unspecified atom stereocenters. The number of aromatic nitrogens is 1. The van der Waals surface area contributed by atoms with Crippen LogP contribution in [0.3, 0.4) is 0 Å². The van der Waals surface area contributed by atoms with E-state index in [0.29, 0.717) is 6.04 Å². The van der Waals surface area contributed by atoms with E-state index in [1.54, 1.807) is 0 Å². The van der Waals surface area contributed by atoms with Gasteiger partial charge in [-0.15, -0.1) is 0 Å². The van der Waals surface area contributed by atoms with Crippen molar-refractivity contribution in [2.45, 2.75) is 57.2 Å². The maximum atomic E-state index is 6.44. The normalized spacial score (nSPS) is 30.1. The Morgan fingerprint density at radius 1 is 1.22 bits per heavy atom. The van der Waals surface area contributed by atoms with Crippen molar-refractivity contribution in [3.63, 3.8) is 0 Å². The van der Waals surface area contributed by atoms with E-state index < -0.39 is 0 Å². The molecule has 2 heterocycles. The van der Waals surface area contributed by atoms with Crippen LogP contribution in [-0.4, -0.2) is 28.5 Å². The molecule has 1 aliphatic carbocycles. The lowest BCUT2D eigenvalue weighted by Crippen LogP contribution is -2.41. The Morgan fingerprint density at radius 2 is 2.06 bits per heavy atom. The Labute approximate surface area is 109 Å². The number of rotatable bonds is 2. The molecule has 1 saturated heterocycles. The lowest BCUT2D eigenvalue weighted by Gasteiger charge is -2.33. The van der Waals surface area contributed by atoms with Gasteiger partial charge in [-0.3, -0.25) is 9.88 Å². The number of hydrogen-bond acceptors (Lipinski definition) is 3. The van der Waals surface area contributed by atoms with Gasteiger partial charge in [0.25, 0.3) is 0 Å². The van der Waals surface area contributed by atoms with Crippen LogP contribution in [-0.2, 0) is 0 Å². The van der Waals surface area contributed by atoms with Crippen molar-refractivity contribution in [1.29, 1.82) is 0 Å². The molecule has 2 fully saturated rings. The zero-order valence-corrected chi connectivity index (χ0v) is 11.2. The molecule has 0 amide bonds. The van der Waals surface area contributed by atoms with Crippen LogP contribution in [0.5, 0.6) is 0 Å².